The van der Waals surface area contributed by atoms with Gasteiger partial charge in [0, 0.05) is 11.3 Å². The standard InChI is InChI=1S/C16H16N4S/c1-12-6-5-7-13(10-12)11-21-16-19-18-15(20(16)17)14-8-3-2-4-9-14/h2-10H,11,17H2,1H3. The average Bonchev–Trinajstić information content (AvgIpc) is 2.87. The molecule has 0 spiro atoms. The van der Waals surface area contributed by atoms with Gasteiger partial charge >= 0.3 is 0 Å². The van der Waals surface area contributed by atoms with Crippen molar-refractivity contribution in [2.75, 3.05) is 5.84 Å². The van der Waals surface area contributed by atoms with Crippen molar-refractivity contribution < 1.29 is 0 Å². The molecule has 0 amide bonds. The number of thioether (sulfide) groups is 1. The molecule has 0 fully saturated rings. The monoisotopic (exact) mass is 296 g/mol. The average molecular weight is 296 g/mol. The van der Waals surface area contributed by atoms with E-state index in [1.54, 1.807) is 16.4 Å². The SMILES string of the molecule is Cc1cccc(CSc2nnc(-c3ccccc3)n2N)c1. The number of aromatic nitrogens is 3. The molecule has 1 heterocycles. The van der Waals surface area contributed by atoms with Gasteiger partial charge in [0.1, 0.15) is 0 Å². The van der Waals surface area contributed by atoms with Crippen molar-refractivity contribution in [1.29, 1.82) is 0 Å². The van der Waals surface area contributed by atoms with Gasteiger partial charge in [0.15, 0.2) is 5.82 Å². The topological polar surface area (TPSA) is 56.7 Å². The minimum Gasteiger partial charge on any atom is -0.335 e. The molecule has 0 aliphatic heterocycles. The molecule has 3 aromatic rings. The van der Waals surface area contributed by atoms with Crippen LogP contribution in [-0.4, -0.2) is 14.9 Å². The Morgan fingerprint density at radius 2 is 1.86 bits per heavy atom. The fraction of sp³-hybridized carbons (Fsp3) is 0.125. The molecule has 5 heteroatoms. The van der Waals surface area contributed by atoms with E-state index in [9.17, 15) is 0 Å². The van der Waals surface area contributed by atoms with E-state index in [4.69, 9.17) is 5.84 Å². The van der Waals surface area contributed by atoms with Crippen LogP contribution < -0.4 is 5.84 Å². The second-order valence-corrected chi connectivity index (χ2v) is 5.76. The van der Waals surface area contributed by atoms with E-state index in [2.05, 4.69) is 41.4 Å². The summed E-state index contributed by atoms with van der Waals surface area (Å²) in [5, 5.41) is 9.08. The zero-order valence-electron chi connectivity index (χ0n) is 11.7. The van der Waals surface area contributed by atoms with Crippen molar-refractivity contribution in [2.45, 2.75) is 17.8 Å². The Bertz CT molecular complexity index is 737. The van der Waals surface area contributed by atoms with Crippen LogP contribution in [0, 0.1) is 6.92 Å². The lowest BCUT2D eigenvalue weighted by atomic mass is 10.2. The van der Waals surface area contributed by atoms with Gasteiger partial charge in [-0.15, -0.1) is 10.2 Å². The smallest absolute Gasteiger partial charge is 0.210 e. The van der Waals surface area contributed by atoms with Gasteiger partial charge in [0.2, 0.25) is 5.16 Å². The summed E-state index contributed by atoms with van der Waals surface area (Å²) in [6.07, 6.45) is 0. The molecule has 0 aliphatic carbocycles. The molecule has 0 saturated heterocycles. The van der Waals surface area contributed by atoms with Crippen LogP contribution in [0.15, 0.2) is 59.8 Å². The van der Waals surface area contributed by atoms with Crippen LogP contribution in [0.4, 0.5) is 0 Å². The van der Waals surface area contributed by atoms with Crippen molar-refractivity contribution in [3.63, 3.8) is 0 Å². The van der Waals surface area contributed by atoms with E-state index >= 15 is 0 Å². The summed E-state index contributed by atoms with van der Waals surface area (Å²) in [7, 11) is 0. The number of nitrogens with zero attached hydrogens (tertiary/aromatic N) is 3. The van der Waals surface area contributed by atoms with Crippen molar-refractivity contribution in [1.82, 2.24) is 14.9 Å². The fourth-order valence-electron chi connectivity index (χ4n) is 2.11. The van der Waals surface area contributed by atoms with Crippen LogP contribution >= 0.6 is 11.8 Å². The van der Waals surface area contributed by atoms with Crippen molar-refractivity contribution in [3.05, 3.63) is 65.7 Å². The molecule has 1 aromatic heterocycles. The predicted octanol–water partition coefficient (Wildman–Crippen LogP) is 3.26. The third kappa shape index (κ3) is 3.08. The van der Waals surface area contributed by atoms with Crippen molar-refractivity contribution >= 4 is 11.8 Å². The Morgan fingerprint density at radius 3 is 2.62 bits per heavy atom. The molecule has 2 N–H and O–H groups in total. The van der Waals surface area contributed by atoms with Crippen LogP contribution in [-0.2, 0) is 5.75 Å². The molecule has 0 bridgehead atoms. The van der Waals surface area contributed by atoms with Gasteiger partial charge < -0.3 is 5.84 Å². The van der Waals surface area contributed by atoms with Crippen LogP contribution in [0.5, 0.6) is 0 Å². The van der Waals surface area contributed by atoms with E-state index in [-0.39, 0.29) is 0 Å². The third-order valence-electron chi connectivity index (χ3n) is 3.15. The summed E-state index contributed by atoms with van der Waals surface area (Å²) in [4.78, 5) is 0. The van der Waals surface area contributed by atoms with E-state index in [1.807, 2.05) is 30.3 Å². The maximum absolute atomic E-state index is 6.10. The number of nitrogens with two attached hydrogens (primary N) is 1. The Kier molecular flexibility index (Phi) is 3.92. The second-order valence-electron chi connectivity index (χ2n) is 4.82. The summed E-state index contributed by atoms with van der Waals surface area (Å²) in [6, 6.07) is 18.3. The quantitative estimate of drug-likeness (QED) is 0.593. The highest BCUT2D eigenvalue weighted by Gasteiger charge is 2.11. The van der Waals surface area contributed by atoms with E-state index in [0.29, 0.717) is 5.82 Å². The number of hydrogen-bond acceptors (Lipinski definition) is 4. The highest BCUT2D eigenvalue weighted by molar-refractivity contribution is 7.98. The van der Waals surface area contributed by atoms with E-state index in [0.717, 1.165) is 16.5 Å². The molecule has 0 saturated carbocycles. The van der Waals surface area contributed by atoms with Crippen LogP contribution in [0.3, 0.4) is 0 Å². The van der Waals surface area contributed by atoms with Crippen LogP contribution in [0.25, 0.3) is 11.4 Å². The molecule has 0 aliphatic rings. The summed E-state index contributed by atoms with van der Waals surface area (Å²) in [5.74, 6) is 7.61. The normalized spacial score (nSPS) is 10.7. The number of nitrogen functional groups attached to an aromatic ring is 1. The minimum atomic E-state index is 0.683. The highest BCUT2D eigenvalue weighted by atomic mass is 32.2. The Labute approximate surface area is 128 Å². The fourth-order valence-corrected chi connectivity index (χ4v) is 2.91. The molecule has 4 nitrogen and oxygen atoms in total. The molecule has 0 atom stereocenters. The molecule has 106 valence electrons. The molecule has 2 aromatic carbocycles. The minimum absolute atomic E-state index is 0.683. The first kappa shape index (κ1) is 13.7. The van der Waals surface area contributed by atoms with Crippen molar-refractivity contribution in [3.8, 4) is 11.4 Å². The summed E-state index contributed by atoms with van der Waals surface area (Å²) < 4.78 is 1.55. The van der Waals surface area contributed by atoms with Crippen LogP contribution in [0.2, 0.25) is 0 Å². The first-order valence-electron chi connectivity index (χ1n) is 6.68. The first-order chi connectivity index (χ1) is 10.2. The zero-order chi connectivity index (χ0) is 14.7. The molecule has 0 unspecified atom stereocenters. The molecular formula is C16H16N4S. The van der Waals surface area contributed by atoms with Gasteiger partial charge in [-0.1, -0.05) is 71.9 Å². The largest absolute Gasteiger partial charge is 0.335 e. The van der Waals surface area contributed by atoms with Gasteiger partial charge in [-0.3, -0.25) is 0 Å². The lowest BCUT2D eigenvalue weighted by Gasteiger charge is -2.04. The third-order valence-corrected chi connectivity index (χ3v) is 4.16. The van der Waals surface area contributed by atoms with E-state index in [1.165, 1.54) is 11.1 Å². The van der Waals surface area contributed by atoms with Gasteiger partial charge in [-0.25, -0.2) is 4.68 Å². The first-order valence-corrected chi connectivity index (χ1v) is 7.67. The maximum atomic E-state index is 6.10. The second kappa shape index (κ2) is 6.01. The molecule has 0 radical (unpaired) electrons. The summed E-state index contributed by atoms with van der Waals surface area (Å²) >= 11 is 1.59. The Balaban J connectivity index is 1.77. The molecular weight excluding hydrogens is 280 g/mol. The van der Waals surface area contributed by atoms with Gasteiger partial charge in [0.05, 0.1) is 0 Å². The summed E-state index contributed by atoms with van der Waals surface area (Å²) in [6.45, 7) is 2.09. The Morgan fingerprint density at radius 1 is 1.05 bits per heavy atom. The number of rotatable bonds is 4. The van der Waals surface area contributed by atoms with Crippen LogP contribution in [0.1, 0.15) is 11.1 Å². The highest BCUT2D eigenvalue weighted by Crippen LogP contribution is 2.24. The van der Waals surface area contributed by atoms with Gasteiger partial charge in [-0.2, -0.15) is 0 Å². The zero-order valence-corrected chi connectivity index (χ0v) is 12.5. The number of aryl methyl sites for hydroxylation is 1. The lowest BCUT2D eigenvalue weighted by molar-refractivity contribution is 0.849. The van der Waals surface area contributed by atoms with E-state index < -0.39 is 0 Å². The lowest BCUT2D eigenvalue weighted by Crippen LogP contribution is -2.11. The Hall–Kier alpha value is -2.27. The molecule has 21 heavy (non-hydrogen) atoms. The maximum Gasteiger partial charge on any atom is 0.210 e. The molecule has 3 rings (SSSR count). The van der Waals surface area contributed by atoms with Gasteiger partial charge in [-0.05, 0) is 12.5 Å². The predicted molar refractivity (Wildman–Crippen MR) is 86.3 cm³/mol. The number of hydrogen-bond donors (Lipinski definition) is 1. The summed E-state index contributed by atoms with van der Waals surface area (Å²) in [5.41, 5.74) is 3.48. The van der Waals surface area contributed by atoms with Gasteiger partial charge in [0.25, 0.3) is 0 Å². The number of benzene rings is 2. The van der Waals surface area contributed by atoms with Crippen molar-refractivity contribution in [2.24, 2.45) is 0 Å².